The van der Waals surface area contributed by atoms with Crippen LogP contribution in [0.4, 0.5) is 0 Å². The van der Waals surface area contributed by atoms with E-state index in [-0.39, 0.29) is 89.2 Å². The Morgan fingerprint density at radius 2 is 0.452 bits per heavy atom. The van der Waals surface area contributed by atoms with Gasteiger partial charge in [-0.15, -0.1) is 0 Å². The molecule has 0 unspecified atom stereocenters. The highest BCUT2D eigenvalue weighted by molar-refractivity contribution is 6.27. The summed E-state index contributed by atoms with van der Waals surface area (Å²) in [5, 5.41) is 21.5. The van der Waals surface area contributed by atoms with Crippen LogP contribution in [0.1, 0.15) is 20.6 Å². The van der Waals surface area contributed by atoms with Crippen LogP contribution in [0.5, 0.6) is 0 Å². The molecule has 0 saturated carbocycles. The molecule has 4 nitrogen and oxygen atoms in total. The molecule has 0 amide bonds. The lowest BCUT2D eigenvalue weighted by Gasteiger charge is -2.19. The second-order valence-corrected chi connectivity index (χ2v) is 36.9. The Morgan fingerprint density at radius 3 is 0.904 bits per heavy atom. The number of rotatable bonds is 12. The molecule has 4 aromatic heterocycles. The van der Waals surface area contributed by atoms with Crippen LogP contribution in [0.25, 0.3) is 291 Å². The molecule has 0 saturated heterocycles. The number of hydrogen-bond acceptors (Lipinski definition) is 3. The van der Waals surface area contributed by atoms with Crippen molar-refractivity contribution in [3.05, 3.63) is 540 Å². The molecule has 0 aliphatic heterocycles. The average molecular weight is 1870 g/mol. The predicted molar refractivity (Wildman–Crippen MR) is 618 cm³/mol. The monoisotopic (exact) mass is 1870 g/mol. The molecule has 0 radical (unpaired) electrons. The smallest absolute Gasteiger partial charge is 0.136 e. The van der Waals surface area contributed by atoms with Gasteiger partial charge < -0.3 is 17.8 Å². The molecular weight excluding hydrogens is 1770 g/mol. The van der Waals surface area contributed by atoms with E-state index in [9.17, 15) is 0 Å². The van der Waals surface area contributed by atoms with E-state index in [1.54, 1.807) is 0 Å². The number of fused-ring (bicyclic) bond motifs is 19. The standard InChI is InChI=1S/C50H31NO.C48H30O.C44H28O/c1-2-15-32(16-3-1)47-37-21-4-6-23-39(37)48(40-24-7-5-22-38(40)47)33-17-14-18-34(31-33)49-44(29-30-46-50(49)41-25-10-13-28-45(41)52-46)51-42-26-11-8-19-35(42)36-20-9-12-27-43(36)51;1-2-14-32(15-3-1)45-38-19-6-8-21-40(38)46(41-22-9-7-20-39(41)45)35-17-12-18-36(30-35)47-37(34-26-25-31-13-4-5-16-33(31)29-34)27-28-44-48(47)42-23-10-11-24-43(42)49-44;1-3-13-29(14-4-1)31-25-26-40-39(28-31)44-34(23-12-24-41(44)45-40)32-17-11-18-33(27-32)43-37-21-9-7-19-35(37)42(30-15-5-2-6-16-30)36-20-8-10-22-38(36)43/h1-31H;1-30H;1-28H/i1D,2D,3D,15D,16D;1D,2D,3D,14D,15D;2D,5D,6D,15D,16D. The van der Waals surface area contributed by atoms with Gasteiger partial charge in [-0.05, 0) is 272 Å². The summed E-state index contributed by atoms with van der Waals surface area (Å²) in [6.45, 7) is 0. The number of furan rings is 3. The Hall–Kier alpha value is -19.3. The Bertz CT molecular complexity index is 11200. The maximum Gasteiger partial charge on any atom is 0.136 e. The summed E-state index contributed by atoms with van der Waals surface area (Å²) in [5.41, 5.74) is 27.5. The lowest BCUT2D eigenvalue weighted by Crippen LogP contribution is -1.98. The molecule has 0 spiro atoms. The molecule has 0 atom stereocenters. The zero-order valence-corrected chi connectivity index (χ0v) is 78.4. The van der Waals surface area contributed by atoms with Crippen LogP contribution in [-0.4, -0.2) is 4.57 Å². The highest BCUT2D eigenvalue weighted by Crippen LogP contribution is 2.53. The molecule has 26 aromatic carbocycles. The van der Waals surface area contributed by atoms with Gasteiger partial charge in [-0.1, -0.05) is 455 Å². The molecule has 4 heteroatoms. The van der Waals surface area contributed by atoms with Crippen molar-refractivity contribution in [2.24, 2.45) is 0 Å². The normalized spacial score (nSPS) is 13.1. The third-order valence-electron chi connectivity index (χ3n) is 28.9. The van der Waals surface area contributed by atoms with E-state index in [1.165, 1.54) is 21.5 Å². The number of aromatic nitrogens is 1. The van der Waals surface area contributed by atoms with Crippen molar-refractivity contribution in [3.63, 3.8) is 0 Å². The van der Waals surface area contributed by atoms with Crippen LogP contribution in [0.15, 0.2) is 553 Å². The van der Waals surface area contributed by atoms with Crippen molar-refractivity contribution in [2.75, 3.05) is 0 Å². The van der Waals surface area contributed by atoms with Gasteiger partial charge in [-0.3, -0.25) is 0 Å². The van der Waals surface area contributed by atoms with Crippen molar-refractivity contribution in [3.8, 4) is 128 Å². The number of benzene rings is 26. The van der Waals surface area contributed by atoms with E-state index in [4.69, 9.17) is 33.8 Å². The average Bonchev–Trinajstić information content (AvgIpc) is 1.66. The minimum absolute atomic E-state index is 0.197. The fourth-order valence-electron chi connectivity index (χ4n) is 22.8. The molecule has 30 aromatic rings. The molecule has 0 aliphatic rings. The Morgan fingerprint density at radius 1 is 0.151 bits per heavy atom. The van der Waals surface area contributed by atoms with Crippen molar-refractivity contribution in [1.29, 1.82) is 0 Å². The topological polar surface area (TPSA) is 44.4 Å². The summed E-state index contributed by atoms with van der Waals surface area (Å²) in [6, 6.07) is 149. The fourth-order valence-corrected chi connectivity index (χ4v) is 22.8. The molecular formula is C142H89NO3. The minimum atomic E-state index is -0.406. The van der Waals surface area contributed by atoms with Gasteiger partial charge in [0.05, 0.1) is 37.3 Å². The highest BCUT2D eigenvalue weighted by atomic mass is 16.3. The zero-order chi connectivity index (χ0) is 109. The van der Waals surface area contributed by atoms with Gasteiger partial charge in [0, 0.05) is 54.2 Å². The first-order valence-corrected chi connectivity index (χ1v) is 48.9. The van der Waals surface area contributed by atoms with E-state index in [2.05, 4.69) is 284 Å². The summed E-state index contributed by atoms with van der Waals surface area (Å²) in [7, 11) is 0. The third-order valence-corrected chi connectivity index (χ3v) is 28.9. The van der Waals surface area contributed by atoms with E-state index < -0.39 is 18.1 Å². The Balaban J connectivity index is 0.000000114. The molecule has 30 rings (SSSR count). The number of para-hydroxylation sites is 4. The van der Waals surface area contributed by atoms with Crippen molar-refractivity contribution >= 4 is 163 Å². The zero-order valence-electron chi connectivity index (χ0n) is 93.4. The fraction of sp³-hybridized carbons (Fsp3) is 0. The molecule has 0 bridgehead atoms. The number of hydrogen-bond donors (Lipinski definition) is 0. The molecule has 146 heavy (non-hydrogen) atoms. The highest BCUT2D eigenvalue weighted by Gasteiger charge is 2.28. The van der Waals surface area contributed by atoms with E-state index >= 15 is 0 Å². The largest absolute Gasteiger partial charge is 0.456 e. The Labute approximate surface area is 863 Å². The van der Waals surface area contributed by atoms with Gasteiger partial charge in [0.25, 0.3) is 0 Å². The quantitative estimate of drug-likeness (QED) is 0.115. The first-order chi connectivity index (χ1) is 78.7. The Kier molecular flexibility index (Phi) is 17.1. The maximum absolute atomic E-state index is 8.97. The van der Waals surface area contributed by atoms with Gasteiger partial charge in [-0.25, -0.2) is 0 Å². The molecule has 0 aliphatic carbocycles. The molecule has 4 heterocycles. The molecule has 0 N–H and O–H groups in total. The first kappa shape index (κ1) is 70.4. The van der Waals surface area contributed by atoms with Gasteiger partial charge in [0.2, 0.25) is 0 Å². The van der Waals surface area contributed by atoms with Gasteiger partial charge in [0.15, 0.2) is 0 Å². The lowest BCUT2D eigenvalue weighted by molar-refractivity contribution is 0.668. The summed E-state index contributed by atoms with van der Waals surface area (Å²) < 4.78 is 151. The van der Waals surface area contributed by atoms with Crippen LogP contribution in [-0.2, 0) is 0 Å². The van der Waals surface area contributed by atoms with Gasteiger partial charge >= 0.3 is 0 Å². The van der Waals surface area contributed by atoms with Crippen molar-refractivity contribution < 1.29 is 33.8 Å². The minimum Gasteiger partial charge on any atom is -0.456 e. The van der Waals surface area contributed by atoms with Gasteiger partial charge in [-0.2, -0.15) is 0 Å². The summed E-state index contributed by atoms with van der Waals surface area (Å²) in [5.74, 6) is 0. The van der Waals surface area contributed by atoms with Crippen LogP contribution < -0.4 is 0 Å². The lowest BCUT2D eigenvalue weighted by atomic mass is 9.84. The first-order valence-electron chi connectivity index (χ1n) is 56.4. The van der Waals surface area contributed by atoms with E-state index in [0.29, 0.717) is 16.7 Å². The molecule has 680 valence electrons. The van der Waals surface area contributed by atoms with E-state index in [0.717, 1.165) is 236 Å². The van der Waals surface area contributed by atoms with Crippen LogP contribution in [0.3, 0.4) is 0 Å². The van der Waals surface area contributed by atoms with Crippen molar-refractivity contribution in [2.45, 2.75) is 0 Å². The predicted octanol–water partition coefficient (Wildman–Crippen LogP) is 40.3. The van der Waals surface area contributed by atoms with Crippen LogP contribution in [0.2, 0.25) is 0 Å². The number of nitrogens with zero attached hydrogens (tertiary/aromatic N) is 1. The summed E-state index contributed by atoms with van der Waals surface area (Å²) >= 11 is 0. The van der Waals surface area contributed by atoms with Crippen LogP contribution >= 0.6 is 0 Å². The third kappa shape index (κ3) is 14.3. The van der Waals surface area contributed by atoms with Crippen molar-refractivity contribution in [1.82, 2.24) is 4.57 Å². The molecule has 0 fully saturated rings. The second-order valence-electron chi connectivity index (χ2n) is 36.9. The maximum atomic E-state index is 8.97. The summed E-state index contributed by atoms with van der Waals surface area (Å²) in [6.07, 6.45) is 0. The second kappa shape index (κ2) is 35.5. The van der Waals surface area contributed by atoms with E-state index in [1.807, 2.05) is 170 Å². The van der Waals surface area contributed by atoms with Gasteiger partial charge in [0.1, 0.15) is 33.5 Å². The summed E-state index contributed by atoms with van der Waals surface area (Å²) in [4.78, 5) is 0. The van der Waals surface area contributed by atoms with Crippen LogP contribution in [0, 0.1) is 0 Å². The SMILES string of the molecule is [2H]c1c([2H])c([2H])c(-c2c3ccccc3c(-c3cccc(-c4c(-c5ccc6ccccc6c5)ccc5oc6ccccc6c45)c3)c3ccccc23)c([2H])c1[2H].[2H]c1c([2H])c([2H])c(-c2c3ccccc3c(-c3cccc(-c4c(-n5c6ccccc6c6ccccc65)ccc5oc6ccccc6c45)c3)c3ccccc23)c([2H])c1[2H].[2H]c1c([2H])c([2H])c(-c2c3ccccc3c(-c3cccc(-c4cccc5oc6ccc(-c7ccccc7)cc6c45)c3)c3ccccc23)c([2H])c1[2H].